The fraction of sp³-hybridized carbons (Fsp3) is 0.733. The average molecular weight is 251 g/mol. The van der Waals surface area contributed by atoms with Crippen LogP contribution in [-0.4, -0.2) is 17.8 Å². The highest BCUT2D eigenvalue weighted by Gasteiger charge is 2.29. The zero-order valence-electron chi connectivity index (χ0n) is 11.7. The summed E-state index contributed by atoms with van der Waals surface area (Å²) in [5.74, 6) is 1.13. The summed E-state index contributed by atoms with van der Waals surface area (Å²) < 4.78 is 5.52. The van der Waals surface area contributed by atoms with Gasteiger partial charge in [0.2, 0.25) is 0 Å². The van der Waals surface area contributed by atoms with Gasteiger partial charge in [-0.05, 0) is 30.7 Å². The van der Waals surface area contributed by atoms with Crippen molar-refractivity contribution in [2.45, 2.75) is 58.5 Å². The highest BCUT2D eigenvalue weighted by atomic mass is 16.3. The SMILES string of the molecule is CC(C)(C)C(CCO)NC1CCCc2occc21. The minimum atomic E-state index is 0.157. The van der Waals surface area contributed by atoms with Crippen molar-refractivity contribution in [3.63, 3.8) is 0 Å². The van der Waals surface area contributed by atoms with E-state index < -0.39 is 0 Å². The lowest BCUT2D eigenvalue weighted by Gasteiger charge is -2.36. The van der Waals surface area contributed by atoms with Gasteiger partial charge in [0.25, 0.3) is 0 Å². The second kappa shape index (κ2) is 5.45. The number of aliphatic hydroxyl groups excluding tert-OH is 1. The first-order valence-corrected chi connectivity index (χ1v) is 6.95. The largest absolute Gasteiger partial charge is 0.469 e. The highest BCUT2D eigenvalue weighted by molar-refractivity contribution is 5.24. The van der Waals surface area contributed by atoms with Crippen molar-refractivity contribution in [2.75, 3.05) is 6.61 Å². The molecule has 102 valence electrons. The number of fused-ring (bicyclic) bond motifs is 1. The lowest BCUT2D eigenvalue weighted by molar-refractivity contribution is 0.180. The molecule has 3 nitrogen and oxygen atoms in total. The van der Waals surface area contributed by atoms with Crippen LogP contribution in [-0.2, 0) is 6.42 Å². The van der Waals surface area contributed by atoms with Crippen LogP contribution in [0.3, 0.4) is 0 Å². The van der Waals surface area contributed by atoms with E-state index in [1.54, 1.807) is 6.26 Å². The Morgan fingerprint density at radius 2 is 2.28 bits per heavy atom. The molecule has 0 saturated heterocycles. The van der Waals surface area contributed by atoms with Gasteiger partial charge in [-0.15, -0.1) is 0 Å². The summed E-state index contributed by atoms with van der Waals surface area (Å²) in [6.45, 7) is 6.90. The number of nitrogens with one attached hydrogen (secondary N) is 1. The lowest BCUT2D eigenvalue weighted by atomic mass is 9.83. The van der Waals surface area contributed by atoms with Crippen molar-refractivity contribution in [2.24, 2.45) is 5.41 Å². The molecule has 3 heteroatoms. The molecule has 0 saturated carbocycles. The van der Waals surface area contributed by atoms with Crippen molar-refractivity contribution in [3.8, 4) is 0 Å². The molecular formula is C15H25NO2. The molecule has 1 aliphatic carbocycles. The number of aryl methyl sites for hydroxylation is 1. The molecule has 0 aromatic carbocycles. The van der Waals surface area contributed by atoms with Crippen LogP contribution >= 0.6 is 0 Å². The third-order valence-electron chi connectivity index (χ3n) is 3.92. The molecular weight excluding hydrogens is 226 g/mol. The third-order valence-corrected chi connectivity index (χ3v) is 3.92. The summed E-state index contributed by atoms with van der Waals surface area (Å²) in [5.41, 5.74) is 1.47. The lowest BCUT2D eigenvalue weighted by Crippen LogP contribution is -2.43. The quantitative estimate of drug-likeness (QED) is 0.864. The zero-order chi connectivity index (χ0) is 13.2. The van der Waals surface area contributed by atoms with Gasteiger partial charge in [0, 0.05) is 30.7 Å². The molecule has 18 heavy (non-hydrogen) atoms. The van der Waals surface area contributed by atoms with Crippen LogP contribution in [0.4, 0.5) is 0 Å². The van der Waals surface area contributed by atoms with Crippen LogP contribution < -0.4 is 5.32 Å². The Balaban J connectivity index is 2.09. The number of hydrogen-bond donors (Lipinski definition) is 2. The van der Waals surface area contributed by atoms with E-state index in [1.807, 2.05) is 0 Å². The molecule has 1 aromatic rings. The van der Waals surface area contributed by atoms with Crippen LogP contribution in [0, 0.1) is 5.41 Å². The Morgan fingerprint density at radius 1 is 1.50 bits per heavy atom. The van der Waals surface area contributed by atoms with Crippen molar-refractivity contribution in [1.29, 1.82) is 0 Å². The van der Waals surface area contributed by atoms with Gasteiger partial charge < -0.3 is 14.8 Å². The number of hydrogen-bond acceptors (Lipinski definition) is 3. The Labute approximate surface area is 110 Å². The average Bonchev–Trinajstić information content (AvgIpc) is 2.76. The summed E-state index contributed by atoms with van der Waals surface area (Å²) in [6, 6.07) is 2.79. The summed E-state index contributed by atoms with van der Waals surface area (Å²) in [5, 5.41) is 12.9. The van der Waals surface area contributed by atoms with Gasteiger partial charge in [0.15, 0.2) is 0 Å². The van der Waals surface area contributed by atoms with Crippen molar-refractivity contribution in [3.05, 3.63) is 23.7 Å². The first-order valence-electron chi connectivity index (χ1n) is 6.95. The maximum Gasteiger partial charge on any atom is 0.108 e. The van der Waals surface area contributed by atoms with E-state index in [0.29, 0.717) is 12.1 Å². The maximum absolute atomic E-state index is 9.23. The molecule has 0 amide bonds. The highest BCUT2D eigenvalue weighted by Crippen LogP contribution is 2.33. The van der Waals surface area contributed by atoms with Crippen LogP contribution in [0.15, 0.2) is 16.7 Å². The molecule has 2 N–H and O–H groups in total. The smallest absolute Gasteiger partial charge is 0.108 e. The Kier molecular flexibility index (Phi) is 4.13. The van der Waals surface area contributed by atoms with Crippen LogP contribution in [0.1, 0.15) is 57.4 Å². The van der Waals surface area contributed by atoms with Gasteiger partial charge in [-0.2, -0.15) is 0 Å². The fourth-order valence-corrected chi connectivity index (χ4v) is 2.80. The first-order chi connectivity index (χ1) is 8.52. The van der Waals surface area contributed by atoms with Gasteiger partial charge in [-0.1, -0.05) is 20.8 Å². The van der Waals surface area contributed by atoms with Gasteiger partial charge in [0.05, 0.1) is 6.26 Å². The molecule has 2 atom stereocenters. The Morgan fingerprint density at radius 3 is 2.94 bits per heavy atom. The molecule has 1 heterocycles. The first kappa shape index (κ1) is 13.6. The van der Waals surface area contributed by atoms with Crippen LogP contribution in [0.2, 0.25) is 0 Å². The molecule has 2 rings (SSSR count). The van der Waals surface area contributed by atoms with Crippen LogP contribution in [0.25, 0.3) is 0 Å². The molecule has 0 fully saturated rings. The van der Waals surface area contributed by atoms with Crippen molar-refractivity contribution >= 4 is 0 Å². The summed E-state index contributed by atoms with van der Waals surface area (Å²) in [4.78, 5) is 0. The summed E-state index contributed by atoms with van der Waals surface area (Å²) in [6.07, 6.45) is 5.98. The number of furan rings is 1. The van der Waals surface area contributed by atoms with E-state index in [1.165, 1.54) is 12.0 Å². The summed E-state index contributed by atoms with van der Waals surface area (Å²) in [7, 11) is 0. The molecule has 0 bridgehead atoms. The predicted octanol–water partition coefficient (Wildman–Crippen LogP) is 3.04. The molecule has 1 aromatic heterocycles. The zero-order valence-corrected chi connectivity index (χ0v) is 11.7. The van der Waals surface area contributed by atoms with Crippen LogP contribution in [0.5, 0.6) is 0 Å². The maximum atomic E-state index is 9.23. The van der Waals surface area contributed by atoms with E-state index in [-0.39, 0.29) is 12.0 Å². The minimum absolute atomic E-state index is 0.157. The number of rotatable bonds is 4. The standard InChI is InChI=1S/C15H25NO2/c1-15(2,3)14(7-9-17)16-12-5-4-6-13-11(12)8-10-18-13/h8,10,12,14,16-17H,4-7,9H2,1-3H3. The molecule has 0 spiro atoms. The van der Waals surface area contributed by atoms with E-state index in [9.17, 15) is 5.11 Å². The van der Waals surface area contributed by atoms with E-state index in [4.69, 9.17) is 4.42 Å². The minimum Gasteiger partial charge on any atom is -0.469 e. The molecule has 0 radical (unpaired) electrons. The van der Waals surface area contributed by atoms with Gasteiger partial charge >= 0.3 is 0 Å². The second-order valence-electron chi connectivity index (χ2n) is 6.34. The van der Waals surface area contributed by atoms with Gasteiger partial charge in [0.1, 0.15) is 5.76 Å². The van der Waals surface area contributed by atoms with E-state index in [2.05, 4.69) is 32.2 Å². The normalized spacial score (nSPS) is 21.7. The fourth-order valence-electron chi connectivity index (χ4n) is 2.80. The second-order valence-corrected chi connectivity index (χ2v) is 6.34. The number of aliphatic hydroxyl groups is 1. The van der Waals surface area contributed by atoms with Gasteiger partial charge in [-0.25, -0.2) is 0 Å². The molecule has 1 aliphatic rings. The predicted molar refractivity (Wildman–Crippen MR) is 72.5 cm³/mol. The van der Waals surface area contributed by atoms with E-state index >= 15 is 0 Å². The molecule has 0 aliphatic heterocycles. The Bertz CT molecular complexity index is 378. The topological polar surface area (TPSA) is 45.4 Å². The summed E-state index contributed by atoms with van der Waals surface area (Å²) >= 11 is 0. The Hall–Kier alpha value is -0.800. The van der Waals surface area contributed by atoms with Crippen molar-refractivity contribution < 1.29 is 9.52 Å². The monoisotopic (exact) mass is 251 g/mol. The molecule has 2 unspecified atom stereocenters. The van der Waals surface area contributed by atoms with E-state index in [0.717, 1.165) is 25.0 Å². The third kappa shape index (κ3) is 2.96. The van der Waals surface area contributed by atoms with Crippen molar-refractivity contribution in [1.82, 2.24) is 5.32 Å². The van der Waals surface area contributed by atoms with Gasteiger partial charge in [-0.3, -0.25) is 0 Å².